The lowest BCUT2D eigenvalue weighted by atomic mass is 10.1. The first-order valence-electron chi connectivity index (χ1n) is 12.3. The zero-order valence-electron chi connectivity index (χ0n) is 21.2. The smallest absolute Gasteiger partial charge is 0.229 e. The highest BCUT2D eigenvalue weighted by molar-refractivity contribution is 7.91. The summed E-state index contributed by atoms with van der Waals surface area (Å²) >= 11 is 6.39. The molecule has 5 rings (SSSR count). The maximum atomic E-state index is 12.8. The van der Waals surface area contributed by atoms with Crippen molar-refractivity contribution in [3.63, 3.8) is 0 Å². The van der Waals surface area contributed by atoms with Gasteiger partial charge in [-0.15, -0.1) is 0 Å². The first kappa shape index (κ1) is 25.6. The van der Waals surface area contributed by atoms with Gasteiger partial charge in [-0.05, 0) is 57.1 Å². The molecule has 3 aromatic rings. The largest absolute Gasteiger partial charge is 0.494 e. The lowest BCUT2D eigenvalue weighted by molar-refractivity contribution is 0.315. The molecule has 1 saturated heterocycles. The molecule has 37 heavy (non-hydrogen) atoms. The van der Waals surface area contributed by atoms with E-state index in [1.807, 2.05) is 24.3 Å². The molecule has 0 saturated carbocycles. The molecule has 196 valence electrons. The fraction of sp³-hybridized carbons (Fsp3) is 0.385. The lowest BCUT2D eigenvalue weighted by Crippen LogP contribution is -2.31. The van der Waals surface area contributed by atoms with E-state index in [-0.39, 0.29) is 10.8 Å². The fourth-order valence-electron chi connectivity index (χ4n) is 4.94. The van der Waals surface area contributed by atoms with Crippen LogP contribution >= 0.6 is 11.6 Å². The number of hydrogen-bond acceptors (Lipinski definition) is 9. The van der Waals surface area contributed by atoms with E-state index in [4.69, 9.17) is 16.3 Å². The van der Waals surface area contributed by atoms with Crippen LogP contribution in [0.3, 0.4) is 0 Å². The third-order valence-corrected chi connectivity index (χ3v) is 9.16. The molecule has 0 aliphatic carbocycles. The minimum absolute atomic E-state index is 0.131. The molecule has 2 aliphatic rings. The van der Waals surface area contributed by atoms with Gasteiger partial charge in [0.15, 0.2) is 15.7 Å². The van der Waals surface area contributed by atoms with Crippen LogP contribution in [0.4, 0.5) is 28.8 Å². The van der Waals surface area contributed by atoms with Gasteiger partial charge in [0.1, 0.15) is 10.8 Å². The van der Waals surface area contributed by atoms with E-state index in [2.05, 4.69) is 50.6 Å². The molecule has 11 heteroatoms. The summed E-state index contributed by atoms with van der Waals surface area (Å²) in [6.07, 6.45) is 3.94. The van der Waals surface area contributed by atoms with Crippen molar-refractivity contribution in [1.29, 1.82) is 0 Å². The van der Waals surface area contributed by atoms with Gasteiger partial charge in [-0.3, -0.25) is 0 Å². The molecule has 0 amide bonds. The standard InChI is InChI=1S/C26H31ClN6O3S/c1-32(2)19-11-12-33(16-19)18-9-10-21(23(14-18)36-3)30-26-28-15-20(27)25(31-26)29-22-8-4-6-17-7-5-13-37(34,35)24(17)22/h4,6,8-10,14-15,19H,5,7,11-13,16H2,1-3H3,(H2,28,29,30,31)/t19-/m0/s1. The van der Waals surface area contributed by atoms with Crippen molar-refractivity contribution >= 4 is 50.3 Å². The maximum Gasteiger partial charge on any atom is 0.229 e. The Kier molecular flexibility index (Phi) is 7.15. The minimum atomic E-state index is -3.38. The molecule has 9 nitrogen and oxygen atoms in total. The molecule has 2 N–H and O–H groups in total. The summed E-state index contributed by atoms with van der Waals surface area (Å²) in [5.41, 5.74) is 3.08. The second kappa shape index (κ2) is 10.4. The Balaban J connectivity index is 1.39. The Morgan fingerprint density at radius 2 is 2.00 bits per heavy atom. The highest BCUT2D eigenvalue weighted by Gasteiger charge is 2.27. The average Bonchev–Trinajstić information content (AvgIpc) is 3.37. The first-order chi connectivity index (χ1) is 17.7. The summed E-state index contributed by atoms with van der Waals surface area (Å²) < 4.78 is 31.2. The third kappa shape index (κ3) is 5.32. The Bertz CT molecular complexity index is 1420. The van der Waals surface area contributed by atoms with E-state index in [0.717, 1.165) is 37.2 Å². The second-order valence-corrected chi connectivity index (χ2v) is 12.0. The molecular formula is C26H31ClN6O3S. The number of aromatic nitrogens is 2. The number of benzene rings is 2. The number of fused-ring (bicyclic) bond motifs is 1. The van der Waals surface area contributed by atoms with Crippen molar-refractivity contribution in [3.8, 4) is 5.75 Å². The van der Waals surface area contributed by atoms with E-state index in [1.54, 1.807) is 13.2 Å². The lowest BCUT2D eigenvalue weighted by Gasteiger charge is -2.23. The highest BCUT2D eigenvalue weighted by atomic mass is 35.5. The molecule has 3 heterocycles. The third-order valence-electron chi connectivity index (χ3n) is 6.95. The van der Waals surface area contributed by atoms with Crippen molar-refractivity contribution < 1.29 is 13.2 Å². The van der Waals surface area contributed by atoms with Gasteiger partial charge in [0, 0.05) is 30.9 Å². The zero-order chi connectivity index (χ0) is 26.2. The number of sulfone groups is 1. The number of anilines is 5. The van der Waals surface area contributed by atoms with Crippen LogP contribution in [0.2, 0.25) is 5.02 Å². The number of nitrogens with zero attached hydrogens (tertiary/aromatic N) is 4. The average molecular weight is 543 g/mol. The summed E-state index contributed by atoms with van der Waals surface area (Å²) in [5, 5.41) is 6.62. The van der Waals surface area contributed by atoms with Crippen LogP contribution in [0.15, 0.2) is 47.5 Å². The molecule has 1 atom stereocenters. The van der Waals surface area contributed by atoms with Gasteiger partial charge in [-0.25, -0.2) is 13.4 Å². The van der Waals surface area contributed by atoms with Crippen LogP contribution in [-0.2, 0) is 16.3 Å². The van der Waals surface area contributed by atoms with Crippen molar-refractivity contribution in [1.82, 2.24) is 14.9 Å². The van der Waals surface area contributed by atoms with Crippen molar-refractivity contribution in [2.24, 2.45) is 0 Å². The number of methoxy groups -OCH3 is 1. The van der Waals surface area contributed by atoms with Crippen LogP contribution in [0.25, 0.3) is 0 Å². The van der Waals surface area contributed by atoms with Crippen LogP contribution in [-0.4, -0.2) is 69.4 Å². The fourth-order valence-corrected chi connectivity index (χ4v) is 6.83. The second-order valence-electron chi connectivity index (χ2n) is 9.59. The van der Waals surface area contributed by atoms with E-state index in [1.165, 1.54) is 6.20 Å². The number of halogens is 1. The summed E-state index contributed by atoms with van der Waals surface area (Å²) in [5.74, 6) is 1.42. The van der Waals surface area contributed by atoms with E-state index in [0.29, 0.717) is 46.2 Å². The van der Waals surface area contributed by atoms with Gasteiger partial charge >= 0.3 is 0 Å². The molecule has 2 aromatic carbocycles. The normalized spacial score (nSPS) is 18.5. The summed E-state index contributed by atoms with van der Waals surface area (Å²) in [6, 6.07) is 12.0. The molecule has 1 fully saturated rings. The number of hydrogen-bond donors (Lipinski definition) is 2. The predicted octanol–water partition coefficient (Wildman–Crippen LogP) is 4.49. The number of likely N-dealkylation sites (N-methyl/N-ethyl adjacent to an activating group) is 1. The van der Waals surface area contributed by atoms with Gasteiger partial charge < -0.3 is 25.2 Å². The number of aryl methyl sites for hydroxylation is 1. The molecule has 1 aromatic heterocycles. The topological polar surface area (TPSA) is 99.7 Å². The number of rotatable bonds is 7. The van der Waals surface area contributed by atoms with E-state index >= 15 is 0 Å². The van der Waals surface area contributed by atoms with Gasteiger partial charge in [0.2, 0.25) is 5.95 Å². The van der Waals surface area contributed by atoms with Crippen LogP contribution in [0.5, 0.6) is 5.75 Å². The van der Waals surface area contributed by atoms with Gasteiger partial charge in [0.25, 0.3) is 0 Å². The Hall–Kier alpha value is -3.08. The maximum absolute atomic E-state index is 12.8. The predicted molar refractivity (Wildman–Crippen MR) is 148 cm³/mol. The van der Waals surface area contributed by atoms with E-state index in [9.17, 15) is 8.42 Å². The molecular weight excluding hydrogens is 512 g/mol. The first-order valence-corrected chi connectivity index (χ1v) is 14.3. The van der Waals surface area contributed by atoms with E-state index < -0.39 is 9.84 Å². The van der Waals surface area contributed by atoms with Gasteiger partial charge in [0.05, 0.1) is 35.3 Å². The Labute approximate surface area is 222 Å². The molecule has 2 aliphatic heterocycles. The summed E-state index contributed by atoms with van der Waals surface area (Å²) in [6.45, 7) is 1.96. The zero-order valence-corrected chi connectivity index (χ0v) is 22.7. The van der Waals surface area contributed by atoms with Crippen molar-refractivity contribution in [2.75, 3.05) is 55.6 Å². The summed E-state index contributed by atoms with van der Waals surface area (Å²) in [7, 11) is 2.48. The van der Waals surface area contributed by atoms with Gasteiger partial charge in [-0.1, -0.05) is 23.7 Å². The summed E-state index contributed by atoms with van der Waals surface area (Å²) in [4.78, 5) is 13.8. The van der Waals surface area contributed by atoms with Crippen LogP contribution in [0.1, 0.15) is 18.4 Å². The Morgan fingerprint density at radius 1 is 1.16 bits per heavy atom. The van der Waals surface area contributed by atoms with Crippen LogP contribution < -0.4 is 20.3 Å². The molecule has 0 unspecified atom stereocenters. The monoisotopic (exact) mass is 542 g/mol. The minimum Gasteiger partial charge on any atom is -0.494 e. The SMILES string of the molecule is COc1cc(N2CC[C@H](N(C)C)C2)ccc1Nc1ncc(Cl)c(Nc2cccc3c2S(=O)(=O)CCC3)n1. The van der Waals surface area contributed by atoms with Crippen LogP contribution in [0, 0.1) is 0 Å². The molecule has 0 radical (unpaired) electrons. The highest BCUT2D eigenvalue weighted by Crippen LogP contribution is 2.36. The number of nitrogens with one attached hydrogen (secondary N) is 2. The Morgan fingerprint density at radius 3 is 2.76 bits per heavy atom. The number of ether oxygens (including phenoxy) is 1. The molecule has 0 spiro atoms. The molecule has 0 bridgehead atoms. The van der Waals surface area contributed by atoms with Crippen molar-refractivity contribution in [2.45, 2.75) is 30.2 Å². The van der Waals surface area contributed by atoms with Gasteiger partial charge in [-0.2, -0.15) is 4.98 Å². The van der Waals surface area contributed by atoms with Crippen molar-refractivity contribution in [3.05, 3.63) is 53.2 Å². The quantitative estimate of drug-likeness (QED) is 0.447.